The van der Waals surface area contributed by atoms with E-state index in [0.717, 1.165) is 5.56 Å². The Kier molecular flexibility index (Phi) is 12.7. The van der Waals surface area contributed by atoms with Crippen molar-refractivity contribution < 1.29 is 96.9 Å². The van der Waals surface area contributed by atoms with E-state index in [9.17, 15) is 14.4 Å². The molecule has 0 spiro atoms. The molecule has 0 saturated carbocycles. The minimum atomic E-state index is -5.23. The second-order valence-corrected chi connectivity index (χ2v) is 6.78. The van der Waals surface area contributed by atoms with E-state index < -0.39 is 7.82 Å². The Morgan fingerprint density at radius 3 is 1.57 bits per heavy atom. The Morgan fingerprint density at radius 1 is 0.733 bits per heavy atom. The number of hydrogen-bond donors (Lipinski definition) is 0. The van der Waals surface area contributed by atoms with Crippen molar-refractivity contribution in [2.24, 2.45) is 0 Å². The van der Waals surface area contributed by atoms with Crippen LogP contribution in [0.5, 0.6) is 28.7 Å². The summed E-state index contributed by atoms with van der Waals surface area (Å²) in [6.45, 7) is 1.71. The average Bonchev–Trinajstić information content (AvgIpc) is 2.63. The Labute approximate surface area is 220 Å². The van der Waals surface area contributed by atoms with Gasteiger partial charge in [0.25, 0.3) is 0 Å². The van der Waals surface area contributed by atoms with Crippen LogP contribution < -0.4 is 92.4 Å². The van der Waals surface area contributed by atoms with Crippen LogP contribution in [-0.4, -0.2) is 28.4 Å². The maximum Gasteiger partial charge on any atom is 1.00 e. The number of phosphoric ester groups is 1. The fraction of sp³-hybridized carbons (Fsp3) is 0.263. The zero-order valence-corrected chi connectivity index (χ0v) is 23.1. The molecule has 8 nitrogen and oxygen atoms in total. The van der Waals surface area contributed by atoms with Gasteiger partial charge in [-0.2, -0.15) is 0 Å². The van der Waals surface area contributed by atoms with Crippen molar-refractivity contribution in [1.29, 1.82) is 0 Å². The quantitative estimate of drug-likeness (QED) is 0.229. The summed E-state index contributed by atoms with van der Waals surface area (Å²) in [5.41, 5.74) is 1.97. The van der Waals surface area contributed by atoms with Crippen molar-refractivity contribution in [1.82, 2.24) is 0 Å². The van der Waals surface area contributed by atoms with Crippen LogP contribution >= 0.6 is 7.82 Å². The molecule has 0 saturated heterocycles. The molecule has 0 radical (unpaired) electrons. The summed E-state index contributed by atoms with van der Waals surface area (Å²) >= 11 is 0. The Hall–Kier alpha value is -0.670. The molecule has 2 rings (SSSR count). The minimum absolute atomic E-state index is 0. The molecule has 2 aromatic rings. The monoisotopic (exact) mass is 454 g/mol. The van der Waals surface area contributed by atoms with Gasteiger partial charge in [0, 0.05) is 0 Å². The molecular weight excluding hydrogens is 433 g/mol. The molecule has 0 fully saturated rings. The van der Waals surface area contributed by atoms with Gasteiger partial charge in [0.05, 0.1) is 28.4 Å². The Morgan fingerprint density at radius 2 is 1.17 bits per heavy atom. The summed E-state index contributed by atoms with van der Waals surface area (Å²) in [5.74, 6) is 1.47. The molecule has 0 unspecified atom stereocenters. The fourth-order valence-electron chi connectivity index (χ4n) is 2.70. The van der Waals surface area contributed by atoms with Crippen molar-refractivity contribution >= 4 is 20.0 Å². The summed E-state index contributed by atoms with van der Waals surface area (Å²) in [4.78, 5) is 22.0. The first-order chi connectivity index (χ1) is 13.2. The number of benzene rings is 2. The molecule has 2 aromatic carbocycles. The number of phosphoric acid groups is 1. The van der Waals surface area contributed by atoms with Gasteiger partial charge in [-0.15, -0.1) is 0 Å². The second-order valence-electron chi connectivity index (χ2n) is 5.70. The van der Waals surface area contributed by atoms with Crippen LogP contribution in [-0.2, 0) is 4.57 Å². The van der Waals surface area contributed by atoms with Crippen LogP contribution in [0.3, 0.4) is 0 Å². The van der Waals surface area contributed by atoms with Crippen LogP contribution in [0.2, 0.25) is 0 Å². The smallest absolute Gasteiger partial charge is 0.780 e. The van der Waals surface area contributed by atoms with Gasteiger partial charge in [-0.1, -0.05) is 12.2 Å². The zero-order chi connectivity index (χ0) is 20.9. The van der Waals surface area contributed by atoms with E-state index >= 15 is 0 Å². The summed E-state index contributed by atoms with van der Waals surface area (Å²) in [6, 6.07) is 6.69. The molecule has 152 valence electrons. The molecular formula is C19H21Na2O8P. The second kappa shape index (κ2) is 13.0. The van der Waals surface area contributed by atoms with Gasteiger partial charge >= 0.3 is 59.1 Å². The molecule has 0 heterocycles. The third-order valence-electron chi connectivity index (χ3n) is 3.83. The first-order valence-corrected chi connectivity index (χ1v) is 9.56. The van der Waals surface area contributed by atoms with E-state index in [1.165, 1.54) is 34.5 Å². The molecule has 0 atom stereocenters. The minimum Gasteiger partial charge on any atom is -0.780 e. The number of hydrogen-bond acceptors (Lipinski definition) is 8. The number of aryl methyl sites for hydroxylation is 1. The molecule has 30 heavy (non-hydrogen) atoms. The number of rotatable bonds is 8. The van der Waals surface area contributed by atoms with Crippen LogP contribution in [0.1, 0.15) is 16.7 Å². The van der Waals surface area contributed by atoms with Gasteiger partial charge in [-0.25, -0.2) is 0 Å². The predicted octanol–water partition coefficient (Wildman–Crippen LogP) is -3.58. The van der Waals surface area contributed by atoms with Crippen molar-refractivity contribution in [2.45, 2.75) is 6.92 Å². The summed E-state index contributed by atoms with van der Waals surface area (Å²) in [5, 5.41) is 0. The van der Waals surface area contributed by atoms with Gasteiger partial charge < -0.3 is 37.8 Å². The average molecular weight is 454 g/mol. The van der Waals surface area contributed by atoms with E-state index in [1.807, 2.05) is 0 Å². The van der Waals surface area contributed by atoms with Crippen molar-refractivity contribution in [3.05, 3.63) is 41.0 Å². The maximum absolute atomic E-state index is 11.0. The van der Waals surface area contributed by atoms with Crippen LogP contribution in [0.4, 0.5) is 0 Å². The fourth-order valence-corrected chi connectivity index (χ4v) is 3.08. The van der Waals surface area contributed by atoms with Gasteiger partial charge in [-0.05, 0) is 47.9 Å². The van der Waals surface area contributed by atoms with Gasteiger partial charge in [0.15, 0.2) is 23.0 Å². The first-order valence-electron chi connectivity index (χ1n) is 8.10. The molecule has 0 aliphatic carbocycles. The largest absolute Gasteiger partial charge is 1.00 e. The first kappa shape index (κ1) is 29.3. The molecule has 0 bridgehead atoms. The normalized spacial score (nSPS) is 10.6. The predicted molar refractivity (Wildman–Crippen MR) is 101 cm³/mol. The molecule has 0 aromatic heterocycles. The summed E-state index contributed by atoms with van der Waals surface area (Å²) < 4.78 is 36.6. The van der Waals surface area contributed by atoms with E-state index in [4.69, 9.17) is 18.9 Å². The SMILES string of the molecule is COc1cc(/C=C\c2cc(C)c(OC)c(OP(=O)([O-])[O-])c2)cc(OC)c1OC.[Na+].[Na+]. The van der Waals surface area contributed by atoms with E-state index in [-0.39, 0.29) is 70.6 Å². The third kappa shape index (κ3) is 7.79. The van der Waals surface area contributed by atoms with E-state index in [0.29, 0.717) is 28.4 Å². The maximum atomic E-state index is 11.0. The third-order valence-corrected chi connectivity index (χ3v) is 4.25. The summed E-state index contributed by atoms with van der Waals surface area (Å²) in [7, 11) is 0.691. The summed E-state index contributed by atoms with van der Waals surface area (Å²) in [6.07, 6.45) is 3.49. The topological polar surface area (TPSA) is 109 Å². The van der Waals surface area contributed by atoms with E-state index in [2.05, 4.69) is 4.52 Å². The molecule has 0 N–H and O–H groups in total. The number of ether oxygens (including phenoxy) is 4. The van der Waals surface area contributed by atoms with Crippen molar-refractivity contribution in [3.63, 3.8) is 0 Å². The van der Waals surface area contributed by atoms with Gasteiger partial charge in [-0.3, -0.25) is 0 Å². The Balaban J connectivity index is 0.00000420. The van der Waals surface area contributed by atoms with Crippen molar-refractivity contribution in [3.8, 4) is 28.7 Å². The Bertz CT molecular complexity index is 902. The molecule has 0 amide bonds. The zero-order valence-electron chi connectivity index (χ0n) is 18.2. The van der Waals surface area contributed by atoms with Crippen LogP contribution in [0.15, 0.2) is 24.3 Å². The van der Waals surface area contributed by atoms with Crippen LogP contribution in [0, 0.1) is 6.92 Å². The molecule has 0 aliphatic heterocycles. The number of methoxy groups -OCH3 is 4. The van der Waals surface area contributed by atoms with Crippen LogP contribution in [0.25, 0.3) is 12.2 Å². The van der Waals surface area contributed by atoms with Gasteiger partial charge in [0.2, 0.25) is 5.75 Å². The molecule has 0 aliphatic rings. The molecule has 11 heteroatoms. The van der Waals surface area contributed by atoms with E-state index in [1.54, 1.807) is 37.3 Å². The standard InChI is InChI=1S/C19H23O8P.2Na/c1-12-8-13(11-17(18(12)25-4)27-28(20,21)22)6-7-14-9-15(23-2)19(26-5)16(10-14)24-3;;/h6-11H,1-5H3,(H2,20,21,22);;/q;2*+1/p-2/b7-6-;;. The van der Waals surface area contributed by atoms with Gasteiger partial charge in [0.1, 0.15) is 7.82 Å². The van der Waals surface area contributed by atoms with Crippen molar-refractivity contribution in [2.75, 3.05) is 28.4 Å².